The first-order valence-corrected chi connectivity index (χ1v) is 17.9. The topological polar surface area (TPSA) is 114 Å². The Bertz CT molecular complexity index is 1290. The summed E-state index contributed by atoms with van der Waals surface area (Å²) in [6.45, 7) is 14.9. The number of esters is 1. The lowest BCUT2D eigenvalue weighted by Gasteiger charge is -2.35. The molecule has 0 aliphatic carbocycles. The number of aryl methyl sites for hydroxylation is 1. The van der Waals surface area contributed by atoms with Gasteiger partial charge < -0.3 is 25.0 Å². The molecule has 0 heterocycles. The molecule has 10 heteroatoms. The van der Waals surface area contributed by atoms with E-state index >= 15 is 0 Å². The number of carbonyl (C=O) groups excluding carboxylic acids is 4. The molecule has 0 fully saturated rings. The fourth-order valence-electron chi connectivity index (χ4n) is 4.91. The lowest BCUT2D eigenvalue weighted by atomic mass is 9.98. The lowest BCUT2D eigenvalue weighted by molar-refractivity contribution is -0.159. The van der Waals surface area contributed by atoms with E-state index in [9.17, 15) is 19.2 Å². The van der Waals surface area contributed by atoms with Crippen molar-refractivity contribution in [2.75, 3.05) is 18.6 Å². The van der Waals surface area contributed by atoms with Crippen LogP contribution < -0.4 is 10.6 Å². The highest BCUT2D eigenvalue weighted by Crippen LogP contribution is 2.26. The molecule has 0 radical (unpaired) electrons. The minimum atomic E-state index is -1.07. The number of nitrogens with zero attached hydrogens (tertiary/aromatic N) is 1. The van der Waals surface area contributed by atoms with Gasteiger partial charge in [-0.15, -0.1) is 0 Å². The molecule has 2 aromatic carbocycles. The van der Waals surface area contributed by atoms with Crippen LogP contribution >= 0.6 is 11.8 Å². The van der Waals surface area contributed by atoms with Crippen LogP contribution in [0.1, 0.15) is 97.4 Å². The van der Waals surface area contributed by atoms with Gasteiger partial charge in [-0.05, 0) is 89.5 Å². The van der Waals surface area contributed by atoms with E-state index in [0.717, 1.165) is 24.0 Å². The number of hydrogen-bond donors (Lipinski definition) is 2. The summed E-state index contributed by atoms with van der Waals surface area (Å²) in [4.78, 5) is 56.9. The molecule has 9 nitrogen and oxygen atoms in total. The Morgan fingerprint density at radius 2 is 1.43 bits per heavy atom. The summed E-state index contributed by atoms with van der Waals surface area (Å²) in [6, 6.07) is 14.0. The standard InChI is InChI=1S/C37H55N3O6S/c1-10-12-23-40(33(42)29(22-24-47-9)39-35(44)46-37(6,7)8)31(28-20-18-26(11-2)19-21-28)32(41)38-30(34(43)45-36(3,4)5)25-27-16-14-13-15-17-27/h13-21,29-31H,10-12,22-25H2,1-9H3,(H,38,41)(H,39,44). The van der Waals surface area contributed by atoms with Gasteiger partial charge >= 0.3 is 12.1 Å². The van der Waals surface area contributed by atoms with Gasteiger partial charge in [0.1, 0.15) is 29.3 Å². The van der Waals surface area contributed by atoms with E-state index in [-0.39, 0.29) is 13.0 Å². The Balaban J connectivity index is 2.61. The van der Waals surface area contributed by atoms with E-state index in [1.807, 2.05) is 74.7 Å². The third-order valence-electron chi connectivity index (χ3n) is 7.19. The molecule has 3 amide bonds. The summed E-state index contributed by atoms with van der Waals surface area (Å²) in [5, 5.41) is 5.73. The van der Waals surface area contributed by atoms with Crippen molar-refractivity contribution in [1.82, 2.24) is 15.5 Å². The van der Waals surface area contributed by atoms with Crippen molar-refractivity contribution in [2.45, 2.75) is 117 Å². The number of alkyl carbamates (subject to hydrolysis) is 1. The van der Waals surface area contributed by atoms with Gasteiger partial charge in [-0.1, -0.05) is 74.9 Å². The maximum Gasteiger partial charge on any atom is 0.408 e. The fraction of sp³-hybridized carbons (Fsp3) is 0.568. The number of hydrogen-bond acceptors (Lipinski definition) is 7. The summed E-state index contributed by atoms with van der Waals surface area (Å²) in [5.41, 5.74) is 1.02. The SMILES string of the molecule is CCCCN(C(=O)C(CCSC)NC(=O)OC(C)(C)C)C(C(=O)NC(Cc1ccccc1)C(=O)OC(C)(C)C)c1ccc(CC)cc1. The van der Waals surface area contributed by atoms with Crippen molar-refractivity contribution in [3.63, 3.8) is 0 Å². The van der Waals surface area contributed by atoms with Crippen molar-refractivity contribution in [2.24, 2.45) is 0 Å². The van der Waals surface area contributed by atoms with E-state index in [0.29, 0.717) is 24.2 Å². The fourth-order valence-corrected chi connectivity index (χ4v) is 5.38. The van der Waals surface area contributed by atoms with Gasteiger partial charge in [0.2, 0.25) is 11.8 Å². The van der Waals surface area contributed by atoms with Gasteiger partial charge in [-0.2, -0.15) is 11.8 Å². The van der Waals surface area contributed by atoms with Crippen molar-refractivity contribution in [1.29, 1.82) is 0 Å². The zero-order chi connectivity index (χ0) is 35.2. The second-order valence-electron chi connectivity index (χ2n) is 13.6. The van der Waals surface area contributed by atoms with Gasteiger partial charge in [0.05, 0.1) is 0 Å². The van der Waals surface area contributed by atoms with Crippen molar-refractivity contribution >= 4 is 35.6 Å². The summed E-state index contributed by atoms with van der Waals surface area (Å²) in [5.74, 6) is -0.861. The van der Waals surface area contributed by atoms with E-state index in [2.05, 4.69) is 10.6 Å². The molecule has 2 rings (SSSR count). The Labute approximate surface area is 285 Å². The Kier molecular flexibility index (Phi) is 15.8. The van der Waals surface area contributed by atoms with Crippen molar-refractivity contribution in [3.8, 4) is 0 Å². The summed E-state index contributed by atoms with van der Waals surface area (Å²) in [7, 11) is 0. The second-order valence-corrected chi connectivity index (χ2v) is 14.6. The third-order valence-corrected chi connectivity index (χ3v) is 7.83. The van der Waals surface area contributed by atoms with Crippen molar-refractivity contribution in [3.05, 3.63) is 71.3 Å². The van der Waals surface area contributed by atoms with Crippen LogP contribution in [0.15, 0.2) is 54.6 Å². The van der Waals surface area contributed by atoms with E-state index in [1.54, 1.807) is 53.3 Å². The molecule has 0 aliphatic rings. The summed E-state index contributed by atoms with van der Waals surface area (Å²) >= 11 is 1.56. The third kappa shape index (κ3) is 14.0. The van der Waals surface area contributed by atoms with Gasteiger partial charge in [0.15, 0.2) is 0 Å². The van der Waals surface area contributed by atoms with Gasteiger partial charge in [0.25, 0.3) is 0 Å². The quantitative estimate of drug-likeness (QED) is 0.193. The Morgan fingerprint density at radius 1 is 0.809 bits per heavy atom. The number of unbranched alkanes of at least 4 members (excludes halogenated alkanes) is 1. The number of thioether (sulfide) groups is 1. The van der Waals surface area contributed by atoms with E-state index in [1.165, 1.54) is 4.90 Å². The van der Waals surface area contributed by atoms with Crippen LogP contribution in [0.5, 0.6) is 0 Å². The first-order valence-electron chi connectivity index (χ1n) is 16.5. The predicted octanol–water partition coefficient (Wildman–Crippen LogP) is 6.63. The van der Waals surface area contributed by atoms with Gasteiger partial charge in [0, 0.05) is 13.0 Å². The number of rotatable bonds is 16. The van der Waals surface area contributed by atoms with Crippen LogP contribution in [0.4, 0.5) is 4.79 Å². The Hall–Kier alpha value is -3.53. The highest BCUT2D eigenvalue weighted by atomic mass is 32.2. The average molecular weight is 670 g/mol. The van der Waals surface area contributed by atoms with Crippen LogP contribution in [-0.2, 0) is 36.7 Å². The number of amides is 3. The van der Waals surface area contributed by atoms with Crippen LogP contribution in [0.2, 0.25) is 0 Å². The van der Waals surface area contributed by atoms with Gasteiger partial charge in [-0.3, -0.25) is 9.59 Å². The minimum absolute atomic E-state index is 0.211. The minimum Gasteiger partial charge on any atom is -0.458 e. The lowest BCUT2D eigenvalue weighted by Crippen LogP contribution is -2.55. The Morgan fingerprint density at radius 3 is 1.96 bits per heavy atom. The van der Waals surface area contributed by atoms with Crippen LogP contribution in [0.3, 0.4) is 0 Å². The largest absolute Gasteiger partial charge is 0.458 e. The highest BCUT2D eigenvalue weighted by molar-refractivity contribution is 7.98. The van der Waals surface area contributed by atoms with Crippen LogP contribution in [0.25, 0.3) is 0 Å². The molecular weight excluding hydrogens is 614 g/mol. The molecule has 0 saturated carbocycles. The first-order chi connectivity index (χ1) is 22.1. The molecule has 0 spiro atoms. The molecule has 0 saturated heterocycles. The van der Waals surface area contributed by atoms with Crippen molar-refractivity contribution < 1.29 is 28.7 Å². The number of carbonyl (C=O) groups is 4. The smallest absolute Gasteiger partial charge is 0.408 e. The maximum atomic E-state index is 14.5. The molecule has 0 aliphatic heterocycles. The van der Waals surface area contributed by atoms with E-state index in [4.69, 9.17) is 9.47 Å². The summed E-state index contributed by atoms with van der Waals surface area (Å²) < 4.78 is 11.2. The molecular formula is C37H55N3O6S. The van der Waals surface area contributed by atoms with Crippen LogP contribution in [0, 0.1) is 0 Å². The molecule has 2 N–H and O–H groups in total. The van der Waals surface area contributed by atoms with E-state index < -0.39 is 53.2 Å². The molecule has 2 aromatic rings. The highest BCUT2D eigenvalue weighted by Gasteiger charge is 2.38. The number of ether oxygens (including phenoxy) is 2. The molecule has 260 valence electrons. The number of benzene rings is 2. The zero-order valence-corrected chi connectivity index (χ0v) is 30.5. The monoisotopic (exact) mass is 669 g/mol. The normalized spacial score (nSPS) is 13.6. The first kappa shape index (κ1) is 39.6. The molecule has 0 bridgehead atoms. The predicted molar refractivity (Wildman–Crippen MR) is 189 cm³/mol. The maximum absolute atomic E-state index is 14.5. The molecule has 3 atom stereocenters. The molecule has 47 heavy (non-hydrogen) atoms. The van der Waals surface area contributed by atoms with Crippen LogP contribution in [-0.4, -0.2) is 70.6 Å². The average Bonchev–Trinajstić information content (AvgIpc) is 2.99. The number of nitrogens with one attached hydrogen (secondary N) is 2. The second kappa shape index (κ2) is 18.7. The summed E-state index contributed by atoms with van der Waals surface area (Å²) in [6.07, 6.45) is 4.00. The molecule has 3 unspecified atom stereocenters. The molecule has 0 aromatic heterocycles. The zero-order valence-electron chi connectivity index (χ0n) is 29.7. The van der Waals surface area contributed by atoms with Gasteiger partial charge in [-0.25, -0.2) is 9.59 Å².